The fourth-order valence-electron chi connectivity index (χ4n) is 1.61. The summed E-state index contributed by atoms with van der Waals surface area (Å²) in [6.45, 7) is 3.83. The molecule has 0 saturated heterocycles. The van der Waals surface area contributed by atoms with Crippen molar-refractivity contribution >= 4 is 23.1 Å². The Morgan fingerprint density at radius 3 is 2.74 bits per heavy atom. The van der Waals surface area contributed by atoms with Crippen molar-refractivity contribution in [1.82, 2.24) is 9.97 Å². The monoisotopic (exact) mass is 256 g/mol. The zero-order chi connectivity index (χ0) is 13.7. The maximum absolute atomic E-state index is 10.9. The highest BCUT2D eigenvalue weighted by Crippen LogP contribution is 2.17. The first-order valence-electron chi connectivity index (χ1n) is 6.02. The van der Waals surface area contributed by atoms with Gasteiger partial charge in [0.25, 0.3) is 0 Å². The highest BCUT2D eigenvalue weighted by atomic mass is 16.1. The fourth-order valence-corrected chi connectivity index (χ4v) is 1.61. The van der Waals surface area contributed by atoms with Crippen LogP contribution in [0.4, 0.5) is 17.3 Å². The Kier molecular flexibility index (Phi) is 4.07. The van der Waals surface area contributed by atoms with Crippen LogP contribution in [0.1, 0.15) is 12.5 Å². The van der Waals surface area contributed by atoms with Gasteiger partial charge in [-0.25, -0.2) is 9.97 Å². The lowest BCUT2D eigenvalue weighted by Crippen LogP contribution is -2.11. The number of ketones is 1. The first kappa shape index (κ1) is 13.0. The predicted molar refractivity (Wildman–Crippen MR) is 75.7 cm³/mol. The van der Waals surface area contributed by atoms with Gasteiger partial charge in [0.2, 0.25) is 0 Å². The van der Waals surface area contributed by atoms with Gasteiger partial charge in [-0.2, -0.15) is 0 Å². The minimum absolute atomic E-state index is 0.0619. The Morgan fingerprint density at radius 2 is 2.00 bits per heavy atom. The SMILES string of the molecule is CC(=O)CNc1cc(Nc2cccc(C)c2)ncn1. The number of rotatable bonds is 5. The van der Waals surface area contributed by atoms with Gasteiger partial charge in [0.1, 0.15) is 23.7 Å². The summed E-state index contributed by atoms with van der Waals surface area (Å²) in [7, 11) is 0. The third-order valence-corrected chi connectivity index (χ3v) is 2.48. The van der Waals surface area contributed by atoms with E-state index in [2.05, 4.69) is 20.6 Å². The predicted octanol–water partition coefficient (Wildman–Crippen LogP) is 2.53. The fraction of sp³-hybridized carbons (Fsp3) is 0.214. The molecule has 1 heterocycles. The summed E-state index contributed by atoms with van der Waals surface area (Å²) in [5, 5.41) is 6.14. The summed E-state index contributed by atoms with van der Waals surface area (Å²) in [5.74, 6) is 1.37. The van der Waals surface area contributed by atoms with E-state index in [0.29, 0.717) is 11.6 Å². The van der Waals surface area contributed by atoms with Crippen molar-refractivity contribution in [2.45, 2.75) is 13.8 Å². The van der Waals surface area contributed by atoms with E-state index in [1.165, 1.54) is 18.8 Å². The van der Waals surface area contributed by atoms with Crippen LogP contribution in [0.15, 0.2) is 36.7 Å². The van der Waals surface area contributed by atoms with E-state index in [1.807, 2.05) is 31.2 Å². The van der Waals surface area contributed by atoms with E-state index in [1.54, 1.807) is 6.07 Å². The number of anilines is 3. The molecule has 5 heteroatoms. The summed E-state index contributed by atoms with van der Waals surface area (Å²) >= 11 is 0. The van der Waals surface area contributed by atoms with Crippen LogP contribution in [0.5, 0.6) is 0 Å². The Bertz CT molecular complexity index is 583. The van der Waals surface area contributed by atoms with E-state index < -0.39 is 0 Å². The number of hydrogen-bond donors (Lipinski definition) is 2. The van der Waals surface area contributed by atoms with E-state index in [9.17, 15) is 4.79 Å². The van der Waals surface area contributed by atoms with E-state index in [0.717, 1.165) is 5.69 Å². The van der Waals surface area contributed by atoms with E-state index in [-0.39, 0.29) is 12.3 Å². The highest BCUT2D eigenvalue weighted by Gasteiger charge is 2.00. The number of nitrogens with one attached hydrogen (secondary N) is 2. The molecule has 2 rings (SSSR count). The van der Waals surface area contributed by atoms with Gasteiger partial charge in [-0.15, -0.1) is 0 Å². The summed E-state index contributed by atoms with van der Waals surface area (Å²) < 4.78 is 0. The number of nitrogens with zero attached hydrogens (tertiary/aromatic N) is 2. The molecule has 98 valence electrons. The molecule has 0 unspecified atom stereocenters. The molecular formula is C14H16N4O. The molecule has 0 spiro atoms. The normalized spacial score (nSPS) is 10.0. The molecule has 0 fully saturated rings. The summed E-state index contributed by atoms with van der Waals surface area (Å²) in [6, 6.07) is 9.78. The lowest BCUT2D eigenvalue weighted by molar-refractivity contribution is -0.115. The number of carbonyl (C=O) groups is 1. The lowest BCUT2D eigenvalue weighted by atomic mass is 10.2. The molecule has 1 aromatic carbocycles. The van der Waals surface area contributed by atoms with Crippen molar-refractivity contribution in [2.75, 3.05) is 17.2 Å². The molecule has 0 atom stereocenters. The average Bonchev–Trinajstić information content (AvgIpc) is 2.37. The molecule has 0 radical (unpaired) electrons. The third kappa shape index (κ3) is 4.06. The highest BCUT2D eigenvalue weighted by molar-refractivity contribution is 5.80. The van der Waals surface area contributed by atoms with Crippen LogP contribution < -0.4 is 10.6 Å². The minimum Gasteiger partial charge on any atom is -0.363 e. The van der Waals surface area contributed by atoms with Crippen molar-refractivity contribution in [3.8, 4) is 0 Å². The minimum atomic E-state index is 0.0619. The van der Waals surface area contributed by atoms with Gasteiger partial charge >= 0.3 is 0 Å². The van der Waals surface area contributed by atoms with Crippen LogP contribution in [0.25, 0.3) is 0 Å². The van der Waals surface area contributed by atoms with E-state index in [4.69, 9.17) is 0 Å². The van der Waals surface area contributed by atoms with Crippen LogP contribution in [-0.4, -0.2) is 22.3 Å². The summed E-state index contributed by atoms with van der Waals surface area (Å²) in [5.41, 5.74) is 2.14. The van der Waals surface area contributed by atoms with Crippen molar-refractivity contribution < 1.29 is 4.79 Å². The lowest BCUT2D eigenvalue weighted by Gasteiger charge is -2.08. The summed E-state index contributed by atoms with van der Waals surface area (Å²) in [6.07, 6.45) is 1.46. The second-order valence-electron chi connectivity index (χ2n) is 4.34. The summed E-state index contributed by atoms with van der Waals surface area (Å²) in [4.78, 5) is 19.1. The van der Waals surface area contributed by atoms with Crippen LogP contribution >= 0.6 is 0 Å². The van der Waals surface area contributed by atoms with Gasteiger partial charge < -0.3 is 10.6 Å². The molecule has 19 heavy (non-hydrogen) atoms. The molecule has 0 aliphatic carbocycles. The standard InChI is InChI=1S/C14H16N4O/c1-10-4-3-5-12(6-10)18-14-7-13(16-9-17-14)15-8-11(2)19/h3-7,9H,8H2,1-2H3,(H2,15,16,17,18). The molecule has 5 nitrogen and oxygen atoms in total. The third-order valence-electron chi connectivity index (χ3n) is 2.48. The van der Waals surface area contributed by atoms with Crippen LogP contribution in [-0.2, 0) is 4.79 Å². The largest absolute Gasteiger partial charge is 0.363 e. The molecule has 0 amide bonds. The number of carbonyl (C=O) groups excluding carboxylic acids is 1. The van der Waals surface area contributed by atoms with Gasteiger partial charge in [-0.1, -0.05) is 12.1 Å². The Morgan fingerprint density at radius 1 is 1.21 bits per heavy atom. The Balaban J connectivity index is 2.08. The molecule has 0 bridgehead atoms. The molecule has 0 aliphatic heterocycles. The van der Waals surface area contributed by atoms with Crippen molar-refractivity contribution in [2.24, 2.45) is 0 Å². The second-order valence-corrected chi connectivity index (χ2v) is 4.34. The molecule has 0 saturated carbocycles. The van der Waals surface area contributed by atoms with E-state index >= 15 is 0 Å². The molecule has 2 N–H and O–H groups in total. The van der Waals surface area contributed by atoms with Crippen LogP contribution in [0.3, 0.4) is 0 Å². The first-order chi connectivity index (χ1) is 9.13. The van der Waals surface area contributed by atoms with Gasteiger partial charge in [-0.3, -0.25) is 4.79 Å². The zero-order valence-corrected chi connectivity index (χ0v) is 11.0. The molecule has 1 aromatic heterocycles. The number of hydrogen-bond acceptors (Lipinski definition) is 5. The maximum atomic E-state index is 10.9. The first-order valence-corrected chi connectivity index (χ1v) is 6.02. The Hall–Kier alpha value is -2.43. The number of aryl methyl sites for hydroxylation is 1. The second kappa shape index (κ2) is 5.95. The molecule has 0 aliphatic rings. The van der Waals surface area contributed by atoms with Crippen molar-refractivity contribution in [3.63, 3.8) is 0 Å². The average molecular weight is 256 g/mol. The molecular weight excluding hydrogens is 240 g/mol. The van der Waals surface area contributed by atoms with Crippen molar-refractivity contribution in [1.29, 1.82) is 0 Å². The number of benzene rings is 1. The zero-order valence-electron chi connectivity index (χ0n) is 11.0. The quantitative estimate of drug-likeness (QED) is 0.860. The number of aromatic nitrogens is 2. The van der Waals surface area contributed by atoms with Gasteiger partial charge in [0.15, 0.2) is 0 Å². The topological polar surface area (TPSA) is 66.9 Å². The Labute approximate surface area is 112 Å². The maximum Gasteiger partial charge on any atom is 0.148 e. The smallest absolute Gasteiger partial charge is 0.148 e. The van der Waals surface area contributed by atoms with Gasteiger partial charge in [0, 0.05) is 11.8 Å². The molecule has 2 aromatic rings. The van der Waals surface area contributed by atoms with Crippen LogP contribution in [0, 0.1) is 6.92 Å². The van der Waals surface area contributed by atoms with Gasteiger partial charge in [-0.05, 0) is 31.5 Å². The van der Waals surface area contributed by atoms with Gasteiger partial charge in [0.05, 0.1) is 6.54 Å². The van der Waals surface area contributed by atoms with Crippen molar-refractivity contribution in [3.05, 3.63) is 42.2 Å². The van der Waals surface area contributed by atoms with Crippen LogP contribution in [0.2, 0.25) is 0 Å². The number of Topliss-reactive ketones (excluding diaryl/α,β-unsaturated/α-hetero) is 1.